The summed E-state index contributed by atoms with van der Waals surface area (Å²) in [5, 5.41) is 0. The number of aromatic nitrogens is 2. The van der Waals surface area contributed by atoms with Crippen LogP contribution in [-0.2, 0) is 11.0 Å². The molecular weight excluding hydrogens is 417 g/mol. The van der Waals surface area contributed by atoms with Gasteiger partial charge < -0.3 is 9.80 Å². The second-order valence-corrected chi connectivity index (χ2v) is 9.69. The van der Waals surface area contributed by atoms with Crippen LogP contribution in [0.5, 0.6) is 0 Å². The maximum absolute atomic E-state index is 13.5. The highest BCUT2D eigenvalue weighted by Crippen LogP contribution is 2.38. The van der Waals surface area contributed by atoms with E-state index in [2.05, 4.69) is 33.7 Å². The zero-order valence-electron chi connectivity index (χ0n) is 18.7. The number of carbonyl (C=O) groups excluding carboxylic acids is 1. The number of halogens is 3. The summed E-state index contributed by atoms with van der Waals surface area (Å²) in [6.07, 6.45) is 2.54. The molecule has 0 spiro atoms. The predicted octanol–water partition coefficient (Wildman–Crippen LogP) is 4.80. The molecule has 1 aromatic heterocycles. The molecule has 8 heteroatoms. The summed E-state index contributed by atoms with van der Waals surface area (Å²) < 4.78 is 40.4. The van der Waals surface area contributed by atoms with Crippen molar-refractivity contribution in [2.45, 2.75) is 45.2 Å². The molecule has 174 valence electrons. The first kappa shape index (κ1) is 23.0. The average Bonchev–Trinajstić information content (AvgIpc) is 2.73. The molecule has 0 bridgehead atoms. The molecule has 0 radical (unpaired) electrons. The highest BCUT2D eigenvalue weighted by atomic mass is 19.4. The summed E-state index contributed by atoms with van der Waals surface area (Å²) in [5.74, 6) is 1.34. The van der Waals surface area contributed by atoms with Crippen LogP contribution in [0.3, 0.4) is 0 Å². The van der Waals surface area contributed by atoms with E-state index in [0.717, 1.165) is 45.0 Å². The van der Waals surface area contributed by atoms with Crippen LogP contribution in [-0.4, -0.2) is 53.9 Å². The van der Waals surface area contributed by atoms with E-state index in [1.54, 1.807) is 0 Å². The van der Waals surface area contributed by atoms with Gasteiger partial charge in [0.2, 0.25) is 0 Å². The number of likely N-dealkylation sites (tertiary alicyclic amines) is 1. The lowest BCUT2D eigenvalue weighted by molar-refractivity contribution is -0.136. The summed E-state index contributed by atoms with van der Waals surface area (Å²) in [6, 6.07) is 2.61. The SMILES string of the molecule is C[C@H]1C[C@@H](CC(=O)CC2CCN(C)CC2)CN(c2ccc(C(F)(F)F)c3nccnc23)C1. The van der Waals surface area contributed by atoms with E-state index in [1.165, 1.54) is 18.5 Å². The van der Waals surface area contributed by atoms with Crippen molar-refractivity contribution >= 4 is 22.5 Å². The fourth-order valence-corrected chi connectivity index (χ4v) is 5.35. The number of piperidine rings is 2. The zero-order chi connectivity index (χ0) is 22.9. The lowest BCUT2D eigenvalue weighted by Gasteiger charge is -2.38. The molecule has 4 rings (SSSR count). The number of rotatable bonds is 5. The van der Waals surface area contributed by atoms with Gasteiger partial charge in [-0.1, -0.05) is 6.92 Å². The summed E-state index contributed by atoms with van der Waals surface area (Å²) in [4.78, 5) is 25.4. The van der Waals surface area contributed by atoms with E-state index in [1.807, 2.05) is 0 Å². The molecule has 0 saturated carbocycles. The van der Waals surface area contributed by atoms with Gasteiger partial charge in [-0.15, -0.1) is 0 Å². The molecule has 2 aliphatic rings. The van der Waals surface area contributed by atoms with E-state index in [4.69, 9.17) is 0 Å². The molecule has 2 fully saturated rings. The first-order valence-corrected chi connectivity index (χ1v) is 11.5. The van der Waals surface area contributed by atoms with Crippen molar-refractivity contribution in [3.05, 3.63) is 30.1 Å². The van der Waals surface area contributed by atoms with Crippen LogP contribution in [0, 0.1) is 17.8 Å². The Balaban J connectivity index is 1.49. The molecular formula is C24H31F3N4O. The summed E-state index contributed by atoms with van der Waals surface area (Å²) in [5.41, 5.74) is 0.0538. The van der Waals surface area contributed by atoms with Crippen molar-refractivity contribution in [1.29, 1.82) is 0 Å². The molecule has 2 aromatic rings. The van der Waals surface area contributed by atoms with Gasteiger partial charge in [0.15, 0.2) is 0 Å². The van der Waals surface area contributed by atoms with Gasteiger partial charge in [0, 0.05) is 38.3 Å². The van der Waals surface area contributed by atoms with Crippen LogP contribution in [0.15, 0.2) is 24.5 Å². The van der Waals surface area contributed by atoms with Gasteiger partial charge in [-0.3, -0.25) is 14.8 Å². The summed E-state index contributed by atoms with van der Waals surface area (Å²) in [6.45, 7) is 5.62. The Bertz CT molecular complexity index is 956. The minimum Gasteiger partial charge on any atom is -0.369 e. The predicted molar refractivity (Wildman–Crippen MR) is 118 cm³/mol. The highest BCUT2D eigenvalue weighted by molar-refractivity contribution is 5.91. The molecule has 0 aliphatic carbocycles. The van der Waals surface area contributed by atoms with Gasteiger partial charge in [-0.2, -0.15) is 13.2 Å². The number of ketones is 1. The Morgan fingerprint density at radius 3 is 2.38 bits per heavy atom. The fourth-order valence-electron chi connectivity index (χ4n) is 5.35. The van der Waals surface area contributed by atoms with Crippen LogP contribution in [0.1, 0.15) is 44.6 Å². The van der Waals surface area contributed by atoms with Gasteiger partial charge >= 0.3 is 6.18 Å². The normalized spacial score (nSPS) is 23.6. The number of carbonyl (C=O) groups is 1. The zero-order valence-corrected chi connectivity index (χ0v) is 18.7. The van der Waals surface area contributed by atoms with E-state index in [0.29, 0.717) is 42.7 Å². The van der Waals surface area contributed by atoms with Crippen molar-refractivity contribution in [3.8, 4) is 0 Å². The molecule has 32 heavy (non-hydrogen) atoms. The fraction of sp³-hybridized carbons (Fsp3) is 0.625. The number of nitrogens with zero attached hydrogens (tertiary/aromatic N) is 4. The van der Waals surface area contributed by atoms with Gasteiger partial charge in [-0.05, 0) is 69.3 Å². The number of hydrogen-bond acceptors (Lipinski definition) is 5. The van der Waals surface area contributed by atoms with Crippen molar-refractivity contribution in [1.82, 2.24) is 14.9 Å². The number of fused-ring (bicyclic) bond motifs is 1. The smallest absolute Gasteiger partial charge is 0.369 e. The third-order valence-electron chi connectivity index (χ3n) is 6.87. The summed E-state index contributed by atoms with van der Waals surface area (Å²) in [7, 11) is 2.12. The molecule has 0 amide bonds. The lowest BCUT2D eigenvalue weighted by atomic mass is 9.84. The van der Waals surface area contributed by atoms with Crippen LogP contribution in [0.4, 0.5) is 18.9 Å². The van der Waals surface area contributed by atoms with Crippen molar-refractivity contribution < 1.29 is 18.0 Å². The number of hydrogen-bond donors (Lipinski definition) is 0. The standard InChI is InChI=1S/C24H31F3N4O/c1-16-11-18(13-19(32)12-17-5-9-30(2)10-6-17)15-31(14-16)21-4-3-20(24(25,26)27)22-23(21)29-8-7-28-22/h3-4,7-8,16-18H,5-6,9-15H2,1-2H3/t16-,18-/m0/s1. The van der Waals surface area contributed by atoms with Crippen molar-refractivity contribution in [2.24, 2.45) is 17.8 Å². The second kappa shape index (κ2) is 9.33. The van der Waals surface area contributed by atoms with Gasteiger partial charge in [0.1, 0.15) is 16.8 Å². The third kappa shape index (κ3) is 5.22. The molecule has 2 atom stereocenters. The lowest BCUT2D eigenvalue weighted by Crippen LogP contribution is -2.41. The number of alkyl halides is 3. The van der Waals surface area contributed by atoms with E-state index in [9.17, 15) is 18.0 Å². The number of Topliss-reactive ketones (excluding diaryl/α,β-unsaturated/α-hetero) is 1. The van der Waals surface area contributed by atoms with Gasteiger partial charge in [0.25, 0.3) is 0 Å². The Morgan fingerprint density at radius 2 is 1.69 bits per heavy atom. The quantitative estimate of drug-likeness (QED) is 0.658. The maximum atomic E-state index is 13.5. The van der Waals surface area contributed by atoms with Crippen LogP contribution < -0.4 is 4.90 Å². The highest BCUT2D eigenvalue weighted by Gasteiger charge is 2.35. The van der Waals surface area contributed by atoms with E-state index in [-0.39, 0.29) is 17.0 Å². The largest absolute Gasteiger partial charge is 0.418 e. The Kier molecular flexibility index (Phi) is 6.70. The summed E-state index contributed by atoms with van der Waals surface area (Å²) >= 11 is 0. The third-order valence-corrected chi connectivity index (χ3v) is 6.87. The molecule has 1 aromatic carbocycles. The Hall–Kier alpha value is -2.22. The Labute approximate surface area is 187 Å². The molecule has 5 nitrogen and oxygen atoms in total. The van der Waals surface area contributed by atoms with Gasteiger partial charge in [-0.25, -0.2) is 0 Å². The average molecular weight is 449 g/mol. The van der Waals surface area contributed by atoms with Crippen LogP contribution in [0.2, 0.25) is 0 Å². The van der Waals surface area contributed by atoms with Crippen molar-refractivity contribution in [2.75, 3.05) is 38.1 Å². The number of benzene rings is 1. The Morgan fingerprint density at radius 1 is 1.03 bits per heavy atom. The molecule has 2 saturated heterocycles. The monoisotopic (exact) mass is 448 g/mol. The molecule has 3 heterocycles. The van der Waals surface area contributed by atoms with E-state index < -0.39 is 11.7 Å². The second-order valence-electron chi connectivity index (χ2n) is 9.69. The molecule has 2 aliphatic heterocycles. The minimum atomic E-state index is -4.48. The maximum Gasteiger partial charge on any atom is 0.418 e. The van der Waals surface area contributed by atoms with Crippen LogP contribution in [0.25, 0.3) is 11.0 Å². The molecule has 0 N–H and O–H groups in total. The molecule has 0 unspecified atom stereocenters. The minimum absolute atomic E-state index is 0.120. The van der Waals surface area contributed by atoms with Crippen molar-refractivity contribution in [3.63, 3.8) is 0 Å². The number of anilines is 1. The van der Waals surface area contributed by atoms with Crippen LogP contribution >= 0.6 is 0 Å². The first-order valence-electron chi connectivity index (χ1n) is 11.5. The topological polar surface area (TPSA) is 49.3 Å². The van der Waals surface area contributed by atoms with Gasteiger partial charge in [0.05, 0.1) is 11.3 Å². The first-order chi connectivity index (χ1) is 15.2. The van der Waals surface area contributed by atoms with E-state index >= 15 is 0 Å².